The maximum atomic E-state index is 6.65. The van der Waals surface area contributed by atoms with Crippen molar-refractivity contribution < 1.29 is 0 Å². The van der Waals surface area contributed by atoms with Crippen molar-refractivity contribution in [2.75, 3.05) is 0 Å². The van der Waals surface area contributed by atoms with Gasteiger partial charge in [-0.3, -0.25) is 4.99 Å². The van der Waals surface area contributed by atoms with Crippen LogP contribution in [-0.4, -0.2) is 12.4 Å². The number of allylic oxidation sites excluding steroid dienone is 3. The van der Waals surface area contributed by atoms with Crippen LogP contribution in [0.5, 0.6) is 0 Å². The molecule has 0 aliphatic rings. The van der Waals surface area contributed by atoms with Crippen LogP contribution in [0.15, 0.2) is 42.1 Å². The first kappa shape index (κ1) is 8.56. The molecule has 0 unspecified atom stereocenters. The van der Waals surface area contributed by atoms with Gasteiger partial charge in [-0.25, -0.2) is 0 Å². The lowest BCUT2D eigenvalue weighted by Gasteiger charge is -1.83. The number of hydrogen-bond donors (Lipinski definition) is 1. The highest BCUT2D eigenvalue weighted by Crippen LogP contribution is 1.91. The van der Waals surface area contributed by atoms with Gasteiger partial charge < -0.3 is 5.41 Å². The van der Waals surface area contributed by atoms with Gasteiger partial charge in [-0.1, -0.05) is 19.2 Å². The standard InChI is InChI=1S/C8H10N2/c1-3-7-10-8(2)5-4-6-9/h3-7,9H,1-2H2/b5-4-,9-6?,10-7?. The Kier molecular flexibility index (Phi) is 4.87. The van der Waals surface area contributed by atoms with E-state index < -0.39 is 0 Å². The summed E-state index contributed by atoms with van der Waals surface area (Å²) in [6.07, 6.45) is 7.50. The van der Waals surface area contributed by atoms with Crippen molar-refractivity contribution in [3.8, 4) is 0 Å². The molecule has 0 amide bonds. The SMILES string of the molecule is C=CC=NC(=C)/C=C\C=N. The molecule has 0 radical (unpaired) electrons. The zero-order valence-electron chi connectivity index (χ0n) is 5.75. The molecule has 0 aliphatic carbocycles. The molecular formula is C8H10N2. The molecule has 52 valence electrons. The lowest BCUT2D eigenvalue weighted by molar-refractivity contribution is 1.45. The van der Waals surface area contributed by atoms with Crippen LogP contribution in [0.25, 0.3) is 0 Å². The fourth-order valence-corrected chi connectivity index (χ4v) is 0.351. The van der Waals surface area contributed by atoms with E-state index in [1.54, 1.807) is 24.4 Å². The van der Waals surface area contributed by atoms with E-state index in [1.165, 1.54) is 6.21 Å². The van der Waals surface area contributed by atoms with Gasteiger partial charge in [0.2, 0.25) is 0 Å². The molecule has 2 nitrogen and oxygen atoms in total. The van der Waals surface area contributed by atoms with Crippen molar-refractivity contribution in [2.24, 2.45) is 4.99 Å². The van der Waals surface area contributed by atoms with Crippen molar-refractivity contribution in [2.45, 2.75) is 0 Å². The number of nitrogens with zero attached hydrogens (tertiary/aromatic N) is 1. The minimum absolute atomic E-state index is 0.614. The predicted molar refractivity (Wildman–Crippen MR) is 45.8 cm³/mol. The highest BCUT2D eigenvalue weighted by atomic mass is 14.7. The minimum Gasteiger partial charge on any atom is -0.309 e. The fourth-order valence-electron chi connectivity index (χ4n) is 0.351. The summed E-state index contributed by atoms with van der Waals surface area (Å²) in [5.41, 5.74) is 0.614. The average Bonchev–Trinajstić information content (AvgIpc) is 1.97. The quantitative estimate of drug-likeness (QED) is 0.450. The van der Waals surface area contributed by atoms with Gasteiger partial charge >= 0.3 is 0 Å². The average molecular weight is 134 g/mol. The Morgan fingerprint density at radius 1 is 1.50 bits per heavy atom. The highest BCUT2D eigenvalue weighted by Gasteiger charge is 1.75. The lowest BCUT2D eigenvalue weighted by Crippen LogP contribution is -1.69. The number of nitrogens with one attached hydrogen (secondary N) is 1. The van der Waals surface area contributed by atoms with Crippen molar-refractivity contribution in [3.05, 3.63) is 37.1 Å². The molecule has 0 aromatic carbocycles. The van der Waals surface area contributed by atoms with Crippen LogP contribution in [0.2, 0.25) is 0 Å². The number of rotatable bonds is 4. The monoisotopic (exact) mass is 134 g/mol. The molecule has 1 N–H and O–H groups in total. The summed E-state index contributed by atoms with van der Waals surface area (Å²) in [5, 5.41) is 6.65. The summed E-state index contributed by atoms with van der Waals surface area (Å²) in [5.74, 6) is 0. The minimum atomic E-state index is 0.614. The van der Waals surface area contributed by atoms with E-state index in [4.69, 9.17) is 5.41 Å². The first-order valence-corrected chi connectivity index (χ1v) is 2.82. The molecule has 0 spiro atoms. The Bertz CT molecular complexity index is 167. The summed E-state index contributed by atoms with van der Waals surface area (Å²) in [7, 11) is 0. The fraction of sp³-hybridized carbons (Fsp3) is 0. The van der Waals surface area contributed by atoms with Gasteiger partial charge in [0.15, 0.2) is 0 Å². The first-order chi connectivity index (χ1) is 4.81. The Hall–Kier alpha value is -1.44. The molecule has 0 aromatic rings. The lowest BCUT2D eigenvalue weighted by atomic mass is 10.4. The number of hydrogen-bond acceptors (Lipinski definition) is 2. The van der Waals surface area contributed by atoms with Gasteiger partial charge in [0.25, 0.3) is 0 Å². The first-order valence-electron chi connectivity index (χ1n) is 2.82. The van der Waals surface area contributed by atoms with Crippen LogP contribution in [0.1, 0.15) is 0 Å². The third-order valence-corrected chi connectivity index (χ3v) is 0.731. The van der Waals surface area contributed by atoms with E-state index in [-0.39, 0.29) is 0 Å². The van der Waals surface area contributed by atoms with Crippen molar-refractivity contribution >= 4 is 12.4 Å². The van der Waals surface area contributed by atoms with Gasteiger partial charge in [0, 0.05) is 12.4 Å². The summed E-state index contributed by atoms with van der Waals surface area (Å²) < 4.78 is 0. The molecule has 0 atom stereocenters. The van der Waals surface area contributed by atoms with Crippen LogP contribution in [0.3, 0.4) is 0 Å². The topological polar surface area (TPSA) is 36.2 Å². The highest BCUT2D eigenvalue weighted by molar-refractivity contribution is 5.72. The second-order valence-corrected chi connectivity index (χ2v) is 1.53. The molecule has 0 fully saturated rings. The van der Waals surface area contributed by atoms with Crippen molar-refractivity contribution in [1.82, 2.24) is 0 Å². The molecule has 0 saturated carbocycles. The normalized spacial score (nSPS) is 10.4. The van der Waals surface area contributed by atoms with Crippen molar-refractivity contribution in [3.63, 3.8) is 0 Å². The summed E-state index contributed by atoms with van der Waals surface area (Å²) >= 11 is 0. The Balaban J connectivity index is 3.85. The second-order valence-electron chi connectivity index (χ2n) is 1.53. The summed E-state index contributed by atoms with van der Waals surface area (Å²) in [4.78, 5) is 3.85. The van der Waals surface area contributed by atoms with Crippen LogP contribution in [0.4, 0.5) is 0 Å². The maximum absolute atomic E-state index is 6.65. The van der Waals surface area contributed by atoms with Crippen LogP contribution in [0, 0.1) is 5.41 Å². The second kappa shape index (κ2) is 5.69. The van der Waals surface area contributed by atoms with Crippen LogP contribution in [-0.2, 0) is 0 Å². The van der Waals surface area contributed by atoms with Crippen molar-refractivity contribution in [1.29, 1.82) is 5.41 Å². The Labute approximate surface area is 60.8 Å². The zero-order chi connectivity index (χ0) is 7.82. The molecule has 0 aliphatic heterocycles. The van der Waals surface area contributed by atoms with E-state index in [2.05, 4.69) is 18.2 Å². The van der Waals surface area contributed by atoms with E-state index in [9.17, 15) is 0 Å². The molecule has 0 saturated heterocycles. The zero-order valence-corrected chi connectivity index (χ0v) is 5.75. The molecular weight excluding hydrogens is 124 g/mol. The van der Waals surface area contributed by atoms with Gasteiger partial charge in [0.1, 0.15) is 0 Å². The van der Waals surface area contributed by atoms with Crippen LogP contribution < -0.4 is 0 Å². The molecule has 0 heterocycles. The Morgan fingerprint density at radius 2 is 2.20 bits per heavy atom. The molecule has 2 heteroatoms. The largest absolute Gasteiger partial charge is 0.309 e. The van der Waals surface area contributed by atoms with E-state index in [0.29, 0.717) is 5.70 Å². The molecule has 10 heavy (non-hydrogen) atoms. The third kappa shape index (κ3) is 4.71. The van der Waals surface area contributed by atoms with E-state index >= 15 is 0 Å². The smallest absolute Gasteiger partial charge is 0.0558 e. The van der Waals surface area contributed by atoms with Gasteiger partial charge in [0.05, 0.1) is 5.70 Å². The summed E-state index contributed by atoms with van der Waals surface area (Å²) in [6.45, 7) is 7.05. The van der Waals surface area contributed by atoms with E-state index in [1.807, 2.05) is 0 Å². The van der Waals surface area contributed by atoms with Crippen LogP contribution >= 0.6 is 0 Å². The number of aliphatic imine (C=N–C) groups is 1. The van der Waals surface area contributed by atoms with Gasteiger partial charge in [-0.15, -0.1) is 0 Å². The molecule has 0 aromatic heterocycles. The predicted octanol–water partition coefficient (Wildman–Crippen LogP) is 1.96. The third-order valence-electron chi connectivity index (χ3n) is 0.731. The van der Waals surface area contributed by atoms with Gasteiger partial charge in [-0.05, 0) is 12.2 Å². The maximum Gasteiger partial charge on any atom is 0.0558 e. The van der Waals surface area contributed by atoms with E-state index in [0.717, 1.165) is 0 Å². The molecule has 0 rings (SSSR count). The van der Waals surface area contributed by atoms with Gasteiger partial charge in [-0.2, -0.15) is 0 Å². The molecule has 0 bridgehead atoms. The summed E-state index contributed by atoms with van der Waals surface area (Å²) in [6, 6.07) is 0. The Morgan fingerprint density at radius 3 is 2.70 bits per heavy atom.